The van der Waals surface area contributed by atoms with Gasteiger partial charge in [0.05, 0.1) is 12.0 Å². The van der Waals surface area contributed by atoms with Crippen molar-refractivity contribution in [3.63, 3.8) is 0 Å². The molecule has 0 radical (unpaired) electrons. The molecule has 0 saturated heterocycles. The Balaban J connectivity index is 2.99. The maximum Gasteiger partial charge on any atom is 0.311 e. The maximum absolute atomic E-state index is 10.7. The third-order valence-electron chi connectivity index (χ3n) is 1.99. The molecule has 0 heterocycles. The van der Waals surface area contributed by atoms with Crippen LogP contribution in [0, 0.1) is 10.1 Å². The number of carbonyl (C=O) groups excluding carboxylic acids is 1. The predicted octanol–water partition coefficient (Wildman–Crippen LogP) is 1.73. The number of ether oxygens (including phenoxy) is 1. The number of nitro benzene ring substituents is 1. The van der Waals surface area contributed by atoms with Gasteiger partial charge in [0.1, 0.15) is 6.29 Å². The highest BCUT2D eigenvalue weighted by Gasteiger charge is 2.14. The van der Waals surface area contributed by atoms with Gasteiger partial charge in [-0.1, -0.05) is 6.07 Å². The summed E-state index contributed by atoms with van der Waals surface area (Å²) in [6, 6.07) is 4.69. The number of aryl methyl sites for hydroxylation is 1. The van der Waals surface area contributed by atoms with Crippen LogP contribution in [0.2, 0.25) is 0 Å². The van der Waals surface area contributed by atoms with Gasteiger partial charge >= 0.3 is 5.69 Å². The maximum atomic E-state index is 10.7. The highest BCUT2D eigenvalue weighted by atomic mass is 16.6. The molecule has 1 aromatic carbocycles. The molecule has 0 N–H and O–H groups in total. The summed E-state index contributed by atoms with van der Waals surface area (Å²) in [6.07, 6.45) is 1.66. The Hall–Kier alpha value is -1.91. The van der Waals surface area contributed by atoms with E-state index in [1.54, 1.807) is 6.07 Å². The number of methoxy groups -OCH3 is 1. The molecule has 0 atom stereocenters. The molecule has 0 aliphatic rings. The van der Waals surface area contributed by atoms with Crippen LogP contribution < -0.4 is 4.74 Å². The molecule has 0 spiro atoms. The monoisotopic (exact) mass is 209 g/mol. The Labute approximate surface area is 86.8 Å². The van der Waals surface area contributed by atoms with E-state index in [0.717, 1.165) is 11.8 Å². The van der Waals surface area contributed by atoms with Crippen LogP contribution in [0.25, 0.3) is 0 Å². The second-order valence-corrected chi connectivity index (χ2v) is 2.97. The van der Waals surface area contributed by atoms with Crippen molar-refractivity contribution in [2.45, 2.75) is 12.8 Å². The summed E-state index contributed by atoms with van der Waals surface area (Å²) in [5, 5.41) is 10.7. The van der Waals surface area contributed by atoms with Gasteiger partial charge in [-0.05, 0) is 18.1 Å². The zero-order valence-corrected chi connectivity index (χ0v) is 8.30. The molecular formula is C10H11NO4. The van der Waals surface area contributed by atoms with Crippen LogP contribution in [0.15, 0.2) is 18.2 Å². The largest absolute Gasteiger partial charge is 0.490 e. The molecule has 5 heteroatoms. The minimum Gasteiger partial charge on any atom is -0.490 e. The van der Waals surface area contributed by atoms with Crippen molar-refractivity contribution in [1.82, 2.24) is 0 Å². The second-order valence-electron chi connectivity index (χ2n) is 2.97. The van der Waals surface area contributed by atoms with Gasteiger partial charge in [0, 0.05) is 12.5 Å². The summed E-state index contributed by atoms with van der Waals surface area (Å²) in [5.74, 6) is 0.231. The normalized spacial score (nSPS) is 9.67. The number of benzene rings is 1. The zero-order chi connectivity index (χ0) is 11.3. The first-order valence-electron chi connectivity index (χ1n) is 4.44. The molecule has 80 valence electrons. The first kappa shape index (κ1) is 11.2. The highest BCUT2D eigenvalue weighted by Crippen LogP contribution is 2.27. The number of nitro groups is 1. The molecule has 0 unspecified atom stereocenters. The summed E-state index contributed by atoms with van der Waals surface area (Å²) in [7, 11) is 1.38. The van der Waals surface area contributed by atoms with Crippen LogP contribution in [0.4, 0.5) is 5.69 Å². The van der Waals surface area contributed by atoms with Gasteiger partial charge in [-0.25, -0.2) is 0 Å². The van der Waals surface area contributed by atoms with Gasteiger partial charge in [0.25, 0.3) is 0 Å². The van der Waals surface area contributed by atoms with Crippen LogP contribution in [0.5, 0.6) is 5.75 Å². The van der Waals surface area contributed by atoms with Crippen molar-refractivity contribution >= 4 is 12.0 Å². The average Bonchev–Trinajstić information content (AvgIpc) is 2.25. The lowest BCUT2D eigenvalue weighted by Crippen LogP contribution is -1.95. The highest BCUT2D eigenvalue weighted by molar-refractivity contribution is 5.52. The SMILES string of the molecule is COc1ccc(CCC=O)cc1[N+](=O)[O-]. The van der Waals surface area contributed by atoms with Crippen LogP contribution in [0.3, 0.4) is 0 Å². The minimum atomic E-state index is -0.497. The zero-order valence-electron chi connectivity index (χ0n) is 8.30. The average molecular weight is 209 g/mol. The third-order valence-corrected chi connectivity index (χ3v) is 1.99. The molecule has 0 fully saturated rings. The van der Waals surface area contributed by atoms with E-state index >= 15 is 0 Å². The van der Waals surface area contributed by atoms with Crippen LogP contribution in [-0.4, -0.2) is 18.3 Å². The van der Waals surface area contributed by atoms with Crippen molar-refractivity contribution in [3.8, 4) is 5.75 Å². The third kappa shape index (κ3) is 2.77. The van der Waals surface area contributed by atoms with Gasteiger partial charge in [0.15, 0.2) is 5.75 Å². The predicted molar refractivity (Wildman–Crippen MR) is 54.0 cm³/mol. The van der Waals surface area contributed by atoms with Crippen molar-refractivity contribution in [3.05, 3.63) is 33.9 Å². The Kier molecular flexibility index (Phi) is 3.79. The van der Waals surface area contributed by atoms with Crippen molar-refractivity contribution in [2.75, 3.05) is 7.11 Å². The molecule has 1 rings (SSSR count). The van der Waals surface area contributed by atoms with Gasteiger partial charge < -0.3 is 9.53 Å². The molecule has 1 aromatic rings. The quantitative estimate of drug-likeness (QED) is 0.420. The fourth-order valence-electron chi connectivity index (χ4n) is 1.26. The summed E-state index contributed by atoms with van der Waals surface area (Å²) < 4.78 is 4.85. The lowest BCUT2D eigenvalue weighted by atomic mass is 10.1. The topological polar surface area (TPSA) is 69.4 Å². The molecule has 0 amide bonds. The molecule has 15 heavy (non-hydrogen) atoms. The van der Waals surface area contributed by atoms with Gasteiger partial charge in [0.2, 0.25) is 0 Å². The van der Waals surface area contributed by atoms with Gasteiger partial charge in [-0.3, -0.25) is 10.1 Å². The Bertz CT molecular complexity index is 376. The van der Waals surface area contributed by atoms with E-state index in [9.17, 15) is 14.9 Å². The smallest absolute Gasteiger partial charge is 0.311 e. The Morgan fingerprint density at radius 3 is 2.80 bits per heavy atom. The molecule has 0 bridgehead atoms. The lowest BCUT2D eigenvalue weighted by molar-refractivity contribution is -0.385. The van der Waals surface area contributed by atoms with E-state index < -0.39 is 4.92 Å². The van der Waals surface area contributed by atoms with Crippen LogP contribution in [-0.2, 0) is 11.2 Å². The molecule has 5 nitrogen and oxygen atoms in total. The molecule has 0 aliphatic carbocycles. The molecular weight excluding hydrogens is 198 g/mol. The number of hydrogen-bond acceptors (Lipinski definition) is 4. The summed E-state index contributed by atoms with van der Waals surface area (Å²) in [6.45, 7) is 0. The van der Waals surface area contributed by atoms with E-state index in [1.807, 2.05) is 0 Å². The fourth-order valence-corrected chi connectivity index (χ4v) is 1.26. The van der Waals surface area contributed by atoms with Crippen molar-refractivity contribution in [2.24, 2.45) is 0 Å². The van der Waals surface area contributed by atoms with E-state index in [0.29, 0.717) is 12.8 Å². The van der Waals surface area contributed by atoms with Crippen molar-refractivity contribution < 1.29 is 14.5 Å². The second kappa shape index (κ2) is 5.09. The summed E-state index contributed by atoms with van der Waals surface area (Å²) in [4.78, 5) is 20.3. The van der Waals surface area contributed by atoms with Crippen LogP contribution >= 0.6 is 0 Å². The number of nitrogens with zero attached hydrogens (tertiary/aromatic N) is 1. The number of aldehydes is 1. The minimum absolute atomic E-state index is 0.0686. The van der Waals surface area contributed by atoms with E-state index in [2.05, 4.69) is 0 Å². The van der Waals surface area contributed by atoms with Gasteiger partial charge in [-0.15, -0.1) is 0 Å². The standard InChI is InChI=1S/C10H11NO4/c1-15-10-5-4-8(3-2-6-12)7-9(10)11(13)14/h4-7H,2-3H2,1H3. The van der Waals surface area contributed by atoms with Crippen molar-refractivity contribution in [1.29, 1.82) is 0 Å². The Morgan fingerprint density at radius 1 is 1.53 bits per heavy atom. The molecule has 0 aromatic heterocycles. The van der Waals surface area contributed by atoms with Gasteiger partial charge in [-0.2, -0.15) is 0 Å². The molecule has 0 aliphatic heterocycles. The van der Waals surface area contributed by atoms with Crippen LogP contribution in [0.1, 0.15) is 12.0 Å². The first-order chi connectivity index (χ1) is 7.19. The van der Waals surface area contributed by atoms with E-state index in [4.69, 9.17) is 4.74 Å². The Morgan fingerprint density at radius 2 is 2.27 bits per heavy atom. The summed E-state index contributed by atoms with van der Waals surface area (Å²) >= 11 is 0. The van der Waals surface area contributed by atoms with E-state index in [1.165, 1.54) is 19.2 Å². The number of hydrogen-bond donors (Lipinski definition) is 0. The lowest BCUT2D eigenvalue weighted by Gasteiger charge is -2.03. The molecule has 0 saturated carbocycles. The first-order valence-corrected chi connectivity index (χ1v) is 4.44. The van der Waals surface area contributed by atoms with E-state index in [-0.39, 0.29) is 11.4 Å². The summed E-state index contributed by atoms with van der Waals surface area (Å²) in [5.41, 5.74) is 0.690. The fraction of sp³-hybridized carbons (Fsp3) is 0.300. The number of carbonyl (C=O) groups is 1. The number of rotatable bonds is 5.